The standard InChI is InChI=1S/C15H22N2O4S/c1-10(13(19)16-14(20)17-15(2,3)4)21-12(18)6-5-11-7-8-22-9-11/h7-10H,5-6H2,1-4H3,(H2,16,17,19,20)/t10-/m1/s1. The van der Waals surface area contributed by atoms with Crippen LogP contribution in [0.4, 0.5) is 4.79 Å². The average molecular weight is 326 g/mol. The van der Waals surface area contributed by atoms with E-state index in [0.29, 0.717) is 6.42 Å². The molecule has 22 heavy (non-hydrogen) atoms. The summed E-state index contributed by atoms with van der Waals surface area (Å²) in [4.78, 5) is 35.0. The number of carbonyl (C=O) groups is 3. The molecule has 1 heterocycles. The summed E-state index contributed by atoms with van der Waals surface area (Å²) in [6.07, 6.45) is -0.246. The highest BCUT2D eigenvalue weighted by Crippen LogP contribution is 2.09. The number of rotatable bonds is 5. The van der Waals surface area contributed by atoms with E-state index in [1.807, 2.05) is 16.8 Å². The quantitative estimate of drug-likeness (QED) is 0.813. The van der Waals surface area contributed by atoms with Gasteiger partial charge in [-0.25, -0.2) is 4.79 Å². The lowest BCUT2D eigenvalue weighted by atomic mass is 10.1. The van der Waals surface area contributed by atoms with Crippen molar-refractivity contribution in [3.05, 3.63) is 22.4 Å². The highest BCUT2D eigenvalue weighted by Gasteiger charge is 2.21. The maximum Gasteiger partial charge on any atom is 0.321 e. The van der Waals surface area contributed by atoms with E-state index in [0.717, 1.165) is 5.56 Å². The Labute approximate surface area is 134 Å². The van der Waals surface area contributed by atoms with Gasteiger partial charge < -0.3 is 10.1 Å². The van der Waals surface area contributed by atoms with Crippen LogP contribution in [0.5, 0.6) is 0 Å². The van der Waals surface area contributed by atoms with Crippen molar-refractivity contribution in [1.82, 2.24) is 10.6 Å². The predicted molar refractivity (Wildman–Crippen MR) is 84.6 cm³/mol. The Morgan fingerprint density at radius 1 is 1.32 bits per heavy atom. The highest BCUT2D eigenvalue weighted by molar-refractivity contribution is 7.07. The molecule has 0 unspecified atom stereocenters. The minimum atomic E-state index is -1.01. The van der Waals surface area contributed by atoms with Crippen molar-refractivity contribution in [2.24, 2.45) is 0 Å². The van der Waals surface area contributed by atoms with Gasteiger partial charge in [0.2, 0.25) is 0 Å². The van der Waals surface area contributed by atoms with Gasteiger partial charge in [-0.15, -0.1) is 0 Å². The minimum Gasteiger partial charge on any atom is -0.453 e. The smallest absolute Gasteiger partial charge is 0.321 e. The third-order valence-electron chi connectivity index (χ3n) is 2.60. The first kappa shape index (κ1) is 18.2. The van der Waals surface area contributed by atoms with Crippen LogP contribution < -0.4 is 10.6 Å². The lowest BCUT2D eigenvalue weighted by Crippen LogP contribution is -2.50. The van der Waals surface area contributed by atoms with E-state index in [2.05, 4.69) is 10.6 Å². The normalized spacial score (nSPS) is 12.4. The molecular formula is C15H22N2O4S. The number of nitrogens with one attached hydrogen (secondary N) is 2. The molecule has 0 fully saturated rings. The molecule has 7 heteroatoms. The van der Waals surface area contributed by atoms with Crippen LogP contribution in [0.25, 0.3) is 0 Å². The van der Waals surface area contributed by atoms with E-state index in [1.165, 1.54) is 6.92 Å². The molecule has 0 radical (unpaired) electrons. The number of aryl methyl sites for hydroxylation is 1. The van der Waals surface area contributed by atoms with Crippen LogP contribution in [0.3, 0.4) is 0 Å². The first-order valence-electron chi connectivity index (χ1n) is 7.01. The van der Waals surface area contributed by atoms with Crippen molar-refractivity contribution < 1.29 is 19.1 Å². The summed E-state index contributed by atoms with van der Waals surface area (Å²) < 4.78 is 5.01. The van der Waals surface area contributed by atoms with Crippen molar-refractivity contribution in [2.75, 3.05) is 0 Å². The van der Waals surface area contributed by atoms with E-state index in [1.54, 1.807) is 32.1 Å². The molecular weight excluding hydrogens is 304 g/mol. The molecule has 0 spiro atoms. The van der Waals surface area contributed by atoms with Crippen molar-refractivity contribution in [1.29, 1.82) is 0 Å². The number of esters is 1. The molecule has 122 valence electrons. The molecule has 0 bridgehead atoms. The fraction of sp³-hybridized carbons (Fsp3) is 0.533. The van der Waals surface area contributed by atoms with Gasteiger partial charge in [0.1, 0.15) is 0 Å². The van der Waals surface area contributed by atoms with E-state index >= 15 is 0 Å². The number of hydrogen-bond acceptors (Lipinski definition) is 5. The SMILES string of the molecule is C[C@@H](OC(=O)CCc1ccsc1)C(=O)NC(=O)NC(C)(C)C. The summed E-state index contributed by atoms with van der Waals surface area (Å²) in [6.45, 7) is 6.82. The number of urea groups is 1. The van der Waals surface area contributed by atoms with Crippen LogP contribution in [0.15, 0.2) is 16.8 Å². The van der Waals surface area contributed by atoms with Crippen LogP contribution in [0.2, 0.25) is 0 Å². The fourth-order valence-corrected chi connectivity index (χ4v) is 2.28. The Kier molecular flexibility index (Phi) is 6.55. The van der Waals surface area contributed by atoms with E-state index < -0.39 is 29.6 Å². The number of imide groups is 1. The number of ether oxygens (including phenoxy) is 1. The van der Waals surface area contributed by atoms with Gasteiger partial charge >= 0.3 is 12.0 Å². The van der Waals surface area contributed by atoms with Crippen molar-refractivity contribution in [2.45, 2.75) is 52.2 Å². The van der Waals surface area contributed by atoms with Crippen LogP contribution in [-0.4, -0.2) is 29.6 Å². The predicted octanol–water partition coefficient (Wildman–Crippen LogP) is 2.24. The molecule has 0 aromatic carbocycles. The zero-order chi connectivity index (χ0) is 16.8. The number of amides is 3. The van der Waals surface area contributed by atoms with Gasteiger partial charge in [0, 0.05) is 12.0 Å². The maximum absolute atomic E-state index is 11.8. The largest absolute Gasteiger partial charge is 0.453 e. The van der Waals surface area contributed by atoms with Gasteiger partial charge in [0.25, 0.3) is 5.91 Å². The summed E-state index contributed by atoms with van der Waals surface area (Å²) in [5.41, 5.74) is 0.605. The van der Waals surface area contributed by atoms with Gasteiger partial charge in [-0.3, -0.25) is 14.9 Å². The molecule has 1 aromatic heterocycles. The van der Waals surface area contributed by atoms with Crippen LogP contribution >= 0.6 is 11.3 Å². The molecule has 0 aliphatic carbocycles. The lowest BCUT2D eigenvalue weighted by Gasteiger charge is -2.21. The third kappa shape index (κ3) is 7.21. The molecule has 6 nitrogen and oxygen atoms in total. The summed E-state index contributed by atoms with van der Waals surface area (Å²) in [6, 6.07) is 1.32. The summed E-state index contributed by atoms with van der Waals surface area (Å²) in [7, 11) is 0. The summed E-state index contributed by atoms with van der Waals surface area (Å²) in [5.74, 6) is -1.12. The van der Waals surface area contributed by atoms with Crippen LogP contribution in [0, 0.1) is 0 Å². The van der Waals surface area contributed by atoms with Crippen LogP contribution in [-0.2, 0) is 20.7 Å². The zero-order valence-electron chi connectivity index (χ0n) is 13.3. The monoisotopic (exact) mass is 326 g/mol. The first-order chi connectivity index (χ1) is 10.2. The Hall–Kier alpha value is -1.89. The summed E-state index contributed by atoms with van der Waals surface area (Å²) in [5, 5.41) is 8.63. The van der Waals surface area contributed by atoms with Gasteiger partial charge in [-0.2, -0.15) is 11.3 Å². The molecule has 3 amide bonds. The molecule has 0 aliphatic heterocycles. The number of hydrogen-bond donors (Lipinski definition) is 2. The molecule has 0 aliphatic rings. The number of thiophene rings is 1. The Morgan fingerprint density at radius 3 is 2.55 bits per heavy atom. The maximum atomic E-state index is 11.8. The van der Waals surface area contributed by atoms with Crippen molar-refractivity contribution in [3.63, 3.8) is 0 Å². The molecule has 0 saturated carbocycles. The molecule has 2 N–H and O–H groups in total. The zero-order valence-corrected chi connectivity index (χ0v) is 14.1. The van der Waals surface area contributed by atoms with Gasteiger partial charge in [-0.05, 0) is 56.5 Å². The Bertz CT molecular complexity index is 520. The highest BCUT2D eigenvalue weighted by atomic mass is 32.1. The van der Waals surface area contributed by atoms with Gasteiger partial charge in [-0.1, -0.05) is 0 Å². The first-order valence-corrected chi connectivity index (χ1v) is 7.95. The average Bonchev–Trinajstić information content (AvgIpc) is 2.86. The van der Waals surface area contributed by atoms with E-state index in [4.69, 9.17) is 4.74 Å². The fourth-order valence-electron chi connectivity index (χ4n) is 1.58. The van der Waals surface area contributed by atoms with E-state index in [9.17, 15) is 14.4 Å². The van der Waals surface area contributed by atoms with E-state index in [-0.39, 0.29) is 6.42 Å². The second-order valence-corrected chi connectivity index (χ2v) is 6.74. The van der Waals surface area contributed by atoms with Crippen molar-refractivity contribution in [3.8, 4) is 0 Å². The molecule has 1 aromatic rings. The molecule has 1 atom stereocenters. The number of carbonyl (C=O) groups excluding carboxylic acids is 3. The molecule has 1 rings (SSSR count). The minimum absolute atomic E-state index is 0.197. The topological polar surface area (TPSA) is 84.5 Å². The van der Waals surface area contributed by atoms with Crippen molar-refractivity contribution >= 4 is 29.2 Å². The second kappa shape index (κ2) is 7.93. The second-order valence-electron chi connectivity index (χ2n) is 5.96. The van der Waals surface area contributed by atoms with Crippen LogP contribution in [0.1, 0.15) is 39.7 Å². The van der Waals surface area contributed by atoms with Gasteiger partial charge in [0.05, 0.1) is 0 Å². The Balaban J connectivity index is 2.33. The Morgan fingerprint density at radius 2 is 2.00 bits per heavy atom. The van der Waals surface area contributed by atoms with Gasteiger partial charge in [0.15, 0.2) is 6.10 Å². The lowest BCUT2D eigenvalue weighted by molar-refractivity contribution is -0.154. The third-order valence-corrected chi connectivity index (χ3v) is 3.33. The molecule has 0 saturated heterocycles. The summed E-state index contributed by atoms with van der Waals surface area (Å²) >= 11 is 1.56.